The third-order valence-corrected chi connectivity index (χ3v) is 4.22. The standard InChI is InChI=1S/C18H17FN2O3/c1-11-9-16(12-5-2-3-6-13(12)19)21(10-11)17(22)14-7-4-8-15(20-14)18(23)24/h2-8,11,16H,9-10H2,1H3,(H,23,24). The van der Waals surface area contributed by atoms with E-state index < -0.39 is 5.97 Å². The van der Waals surface area contributed by atoms with Gasteiger partial charge in [-0.25, -0.2) is 14.2 Å². The lowest BCUT2D eigenvalue weighted by molar-refractivity contribution is 0.0689. The van der Waals surface area contributed by atoms with E-state index in [0.717, 1.165) is 0 Å². The smallest absolute Gasteiger partial charge is 0.354 e. The predicted octanol–water partition coefficient (Wildman–Crippen LogP) is 3.14. The molecule has 2 unspecified atom stereocenters. The summed E-state index contributed by atoms with van der Waals surface area (Å²) in [6.07, 6.45) is 0.658. The highest BCUT2D eigenvalue weighted by atomic mass is 19.1. The number of benzene rings is 1. The summed E-state index contributed by atoms with van der Waals surface area (Å²) >= 11 is 0. The summed E-state index contributed by atoms with van der Waals surface area (Å²) in [6.45, 7) is 2.49. The number of aromatic carboxylic acids is 1. The molecule has 2 atom stereocenters. The molecule has 1 aromatic heterocycles. The molecule has 5 nitrogen and oxygen atoms in total. The number of aromatic nitrogens is 1. The molecule has 1 aromatic carbocycles. The Morgan fingerprint density at radius 2 is 1.88 bits per heavy atom. The molecule has 0 spiro atoms. The number of nitrogens with zero attached hydrogens (tertiary/aromatic N) is 2. The lowest BCUT2D eigenvalue weighted by Gasteiger charge is -2.25. The molecule has 0 saturated carbocycles. The fraction of sp³-hybridized carbons (Fsp3) is 0.278. The fourth-order valence-corrected chi connectivity index (χ4v) is 3.13. The first-order valence-electron chi connectivity index (χ1n) is 7.73. The second-order valence-corrected chi connectivity index (χ2v) is 6.05. The first-order chi connectivity index (χ1) is 11.5. The average Bonchev–Trinajstić information content (AvgIpc) is 2.96. The molecule has 1 N–H and O–H groups in total. The Hall–Kier alpha value is -2.76. The molecule has 3 rings (SSSR count). The van der Waals surface area contributed by atoms with Crippen molar-refractivity contribution in [1.29, 1.82) is 0 Å². The maximum atomic E-state index is 14.1. The normalized spacial score (nSPS) is 20.2. The highest BCUT2D eigenvalue weighted by Crippen LogP contribution is 2.37. The molecule has 1 aliphatic heterocycles. The number of rotatable bonds is 3. The van der Waals surface area contributed by atoms with Gasteiger partial charge in [0.05, 0.1) is 6.04 Å². The number of pyridine rings is 1. The molecular weight excluding hydrogens is 311 g/mol. The van der Waals surface area contributed by atoms with Crippen LogP contribution < -0.4 is 0 Å². The topological polar surface area (TPSA) is 70.5 Å². The van der Waals surface area contributed by atoms with Crippen molar-refractivity contribution in [2.24, 2.45) is 5.92 Å². The number of hydrogen-bond acceptors (Lipinski definition) is 3. The molecule has 0 aliphatic carbocycles. The van der Waals surface area contributed by atoms with Crippen LogP contribution in [0.5, 0.6) is 0 Å². The maximum Gasteiger partial charge on any atom is 0.354 e. The minimum Gasteiger partial charge on any atom is -0.477 e. The molecule has 1 aliphatic rings. The van der Waals surface area contributed by atoms with Crippen molar-refractivity contribution in [2.45, 2.75) is 19.4 Å². The summed E-state index contributed by atoms with van der Waals surface area (Å²) in [5.74, 6) is -1.69. The van der Waals surface area contributed by atoms with Crippen molar-refractivity contribution < 1.29 is 19.1 Å². The molecule has 0 bridgehead atoms. The zero-order valence-electron chi connectivity index (χ0n) is 13.1. The maximum absolute atomic E-state index is 14.1. The Labute approximate surface area is 138 Å². The van der Waals surface area contributed by atoms with Crippen LogP contribution in [0.25, 0.3) is 0 Å². The molecule has 6 heteroatoms. The molecule has 2 heterocycles. The van der Waals surface area contributed by atoms with E-state index in [2.05, 4.69) is 4.98 Å². The second kappa shape index (κ2) is 6.39. The summed E-state index contributed by atoms with van der Waals surface area (Å²) < 4.78 is 14.1. The Balaban J connectivity index is 1.94. The predicted molar refractivity (Wildman–Crippen MR) is 85.2 cm³/mol. The van der Waals surface area contributed by atoms with Crippen LogP contribution in [0, 0.1) is 11.7 Å². The third kappa shape index (κ3) is 2.99. The van der Waals surface area contributed by atoms with Crippen molar-refractivity contribution in [2.75, 3.05) is 6.54 Å². The van der Waals surface area contributed by atoms with Gasteiger partial charge in [-0.2, -0.15) is 0 Å². The molecule has 24 heavy (non-hydrogen) atoms. The number of carbonyl (C=O) groups excluding carboxylic acids is 1. The molecule has 1 fully saturated rings. The number of carbonyl (C=O) groups is 2. The zero-order valence-corrected chi connectivity index (χ0v) is 13.1. The molecule has 1 saturated heterocycles. The lowest BCUT2D eigenvalue weighted by atomic mass is 10.0. The molecular formula is C18H17FN2O3. The van der Waals surface area contributed by atoms with Crippen molar-refractivity contribution in [3.63, 3.8) is 0 Å². The fourth-order valence-electron chi connectivity index (χ4n) is 3.13. The van der Waals surface area contributed by atoms with Gasteiger partial charge in [0.2, 0.25) is 0 Å². The van der Waals surface area contributed by atoms with Crippen LogP contribution in [0.15, 0.2) is 42.5 Å². The highest BCUT2D eigenvalue weighted by Gasteiger charge is 2.36. The van der Waals surface area contributed by atoms with E-state index in [1.807, 2.05) is 6.92 Å². The van der Waals surface area contributed by atoms with E-state index in [9.17, 15) is 14.0 Å². The van der Waals surface area contributed by atoms with Gasteiger partial charge in [-0.1, -0.05) is 31.2 Å². The largest absolute Gasteiger partial charge is 0.477 e. The van der Waals surface area contributed by atoms with E-state index in [1.54, 1.807) is 23.1 Å². The quantitative estimate of drug-likeness (QED) is 0.939. The van der Waals surface area contributed by atoms with E-state index >= 15 is 0 Å². The van der Waals surface area contributed by atoms with Crippen molar-refractivity contribution in [3.05, 3.63) is 65.2 Å². The van der Waals surface area contributed by atoms with E-state index in [4.69, 9.17) is 5.11 Å². The van der Waals surface area contributed by atoms with Crippen LogP contribution in [0.4, 0.5) is 4.39 Å². The van der Waals surface area contributed by atoms with E-state index in [-0.39, 0.29) is 35.1 Å². The summed E-state index contributed by atoms with van der Waals surface area (Å²) in [7, 11) is 0. The SMILES string of the molecule is CC1CC(c2ccccc2F)N(C(=O)c2cccc(C(=O)O)n2)C1. The van der Waals surface area contributed by atoms with Gasteiger partial charge in [0, 0.05) is 12.1 Å². The second-order valence-electron chi connectivity index (χ2n) is 6.05. The first-order valence-corrected chi connectivity index (χ1v) is 7.73. The van der Waals surface area contributed by atoms with Gasteiger partial charge in [-0.3, -0.25) is 4.79 Å². The third-order valence-electron chi connectivity index (χ3n) is 4.22. The number of carboxylic acid groups (broad SMARTS) is 1. The Bertz CT molecular complexity index is 793. The summed E-state index contributed by atoms with van der Waals surface area (Å²) in [4.78, 5) is 29.3. The van der Waals surface area contributed by atoms with Gasteiger partial charge in [0.25, 0.3) is 5.91 Å². The first kappa shape index (κ1) is 16.1. The molecule has 2 aromatic rings. The van der Waals surface area contributed by atoms with Gasteiger partial charge in [-0.05, 0) is 30.5 Å². The molecule has 0 radical (unpaired) electrons. The van der Waals surface area contributed by atoms with Crippen LogP contribution in [0.3, 0.4) is 0 Å². The van der Waals surface area contributed by atoms with Gasteiger partial charge in [0.15, 0.2) is 0 Å². The number of carboxylic acids is 1. The number of hydrogen-bond donors (Lipinski definition) is 1. The Morgan fingerprint density at radius 1 is 1.17 bits per heavy atom. The van der Waals surface area contributed by atoms with Crippen molar-refractivity contribution >= 4 is 11.9 Å². The lowest BCUT2D eigenvalue weighted by Crippen LogP contribution is -2.32. The minimum atomic E-state index is -1.19. The summed E-state index contributed by atoms with van der Waals surface area (Å²) in [5.41, 5.74) is 0.352. The number of likely N-dealkylation sites (tertiary alicyclic amines) is 1. The summed E-state index contributed by atoms with van der Waals surface area (Å²) in [5, 5.41) is 9.03. The Morgan fingerprint density at radius 3 is 2.58 bits per heavy atom. The van der Waals surface area contributed by atoms with E-state index in [0.29, 0.717) is 18.5 Å². The minimum absolute atomic E-state index is 0.0605. The zero-order chi connectivity index (χ0) is 17.3. The van der Waals surface area contributed by atoms with Gasteiger partial charge < -0.3 is 10.0 Å². The number of halogens is 1. The van der Waals surface area contributed by atoms with Crippen LogP contribution >= 0.6 is 0 Å². The van der Waals surface area contributed by atoms with Crippen LogP contribution in [0.2, 0.25) is 0 Å². The monoisotopic (exact) mass is 328 g/mol. The van der Waals surface area contributed by atoms with Gasteiger partial charge >= 0.3 is 5.97 Å². The highest BCUT2D eigenvalue weighted by molar-refractivity contribution is 5.94. The van der Waals surface area contributed by atoms with Gasteiger partial charge in [0.1, 0.15) is 17.2 Å². The summed E-state index contributed by atoms with van der Waals surface area (Å²) in [6, 6.07) is 10.3. The molecule has 124 valence electrons. The van der Waals surface area contributed by atoms with Crippen LogP contribution in [0.1, 0.15) is 45.9 Å². The van der Waals surface area contributed by atoms with Crippen molar-refractivity contribution in [1.82, 2.24) is 9.88 Å². The average molecular weight is 328 g/mol. The van der Waals surface area contributed by atoms with E-state index in [1.165, 1.54) is 24.3 Å². The number of amides is 1. The molecule has 1 amide bonds. The van der Waals surface area contributed by atoms with Crippen LogP contribution in [-0.2, 0) is 0 Å². The Kier molecular flexibility index (Phi) is 4.29. The van der Waals surface area contributed by atoms with Gasteiger partial charge in [-0.15, -0.1) is 0 Å². The van der Waals surface area contributed by atoms with Crippen molar-refractivity contribution in [3.8, 4) is 0 Å². The van der Waals surface area contributed by atoms with Crippen LogP contribution in [-0.4, -0.2) is 33.4 Å².